The zero-order chi connectivity index (χ0) is 33.2. The molecule has 11 heteroatoms. The minimum atomic E-state index is 0.882. The molecule has 0 bridgehead atoms. The molecule has 0 unspecified atom stereocenters. The molecule has 242 valence electrons. The van der Waals surface area contributed by atoms with Crippen LogP contribution in [-0.2, 0) is 0 Å². The van der Waals surface area contributed by atoms with Crippen LogP contribution in [0.15, 0.2) is 114 Å². The monoisotopic (exact) mass is 797 g/mol. The maximum absolute atomic E-state index is 5.03. The molecule has 0 aliphatic heterocycles. The molecule has 51 heavy (non-hydrogen) atoms. The summed E-state index contributed by atoms with van der Waals surface area (Å²) >= 11 is 15.0. The minimum Gasteiger partial charge on any atom is -0.299 e. The van der Waals surface area contributed by atoms with Gasteiger partial charge in [0, 0.05) is 60.2 Å². The summed E-state index contributed by atoms with van der Waals surface area (Å²) in [5, 5.41) is 8.00. The minimum absolute atomic E-state index is 0.882. The number of thiophene rings is 8. The topological polar surface area (TPSA) is 30.7 Å². The van der Waals surface area contributed by atoms with Crippen LogP contribution in [0.3, 0.4) is 0 Å². The third-order valence-corrected chi connectivity index (χ3v) is 19.0. The highest BCUT2D eigenvalue weighted by Crippen LogP contribution is 2.49. The zero-order valence-electron chi connectivity index (χ0n) is 26.1. The van der Waals surface area contributed by atoms with Gasteiger partial charge in [-0.1, -0.05) is 18.2 Å². The first kappa shape index (κ1) is 29.5. The van der Waals surface area contributed by atoms with Crippen LogP contribution in [0.2, 0.25) is 0 Å². The predicted octanol–water partition coefficient (Wildman–Crippen LogP) is 15.3. The van der Waals surface area contributed by atoms with Crippen molar-refractivity contribution in [2.45, 2.75) is 0 Å². The standard InChI is InChI=1S/C40H19N3S8/c1-2-4-25-21(3-1)22-16-24(42-19-26(22)43(25)36-8-7-29(49-36)33-18-35-40(51-33)38-31(48-35)11-14-45-38)23-15-20(9-12-41-23)27-5-6-28(46-27)32-17-34-39(50-32)37-30(47-34)10-13-44-37/h1-19H. The molecule has 0 spiro atoms. The van der Waals surface area contributed by atoms with Crippen molar-refractivity contribution < 1.29 is 0 Å². The van der Waals surface area contributed by atoms with E-state index in [-0.39, 0.29) is 0 Å². The van der Waals surface area contributed by atoms with Gasteiger partial charge in [-0.15, -0.1) is 90.7 Å². The SMILES string of the molecule is c1ccc2c(c1)c1cc(-c3cc(-c4ccc(-c5cc6sc7ccsc7c6s5)s4)ccn3)ncc1n2-c1ccc(-c2cc3sc4ccsc4c3s2)s1. The summed E-state index contributed by atoms with van der Waals surface area (Å²) in [5.74, 6) is 0. The average Bonchev–Trinajstić information content (AvgIpc) is 3.98. The molecule has 11 aromatic heterocycles. The number of fused-ring (bicyclic) bond motifs is 9. The molecule has 0 amide bonds. The molecule has 12 aromatic rings. The third kappa shape index (κ3) is 4.53. The van der Waals surface area contributed by atoms with Crippen molar-refractivity contribution in [2.75, 3.05) is 0 Å². The number of rotatable bonds is 5. The highest BCUT2D eigenvalue weighted by Gasteiger charge is 2.19. The Balaban J connectivity index is 0.907. The number of benzene rings is 1. The van der Waals surface area contributed by atoms with Crippen LogP contribution in [0.5, 0.6) is 0 Å². The van der Waals surface area contributed by atoms with E-state index in [0.29, 0.717) is 0 Å². The molecule has 0 N–H and O–H groups in total. The summed E-state index contributed by atoms with van der Waals surface area (Å²) in [7, 11) is 0. The Labute approximate surface area is 322 Å². The van der Waals surface area contributed by atoms with Crippen molar-refractivity contribution in [1.29, 1.82) is 0 Å². The number of para-hydroxylation sites is 1. The number of hydrogen-bond acceptors (Lipinski definition) is 10. The number of nitrogens with zero attached hydrogens (tertiary/aromatic N) is 3. The molecule has 3 nitrogen and oxygen atoms in total. The first-order valence-corrected chi connectivity index (χ1v) is 22.7. The van der Waals surface area contributed by atoms with E-state index in [1.54, 1.807) is 0 Å². The lowest BCUT2D eigenvalue weighted by Gasteiger charge is -2.06. The van der Waals surface area contributed by atoms with E-state index < -0.39 is 0 Å². The van der Waals surface area contributed by atoms with Crippen molar-refractivity contribution in [3.63, 3.8) is 0 Å². The van der Waals surface area contributed by atoms with Crippen molar-refractivity contribution in [3.8, 4) is 46.3 Å². The highest BCUT2D eigenvalue weighted by molar-refractivity contribution is 7.40. The van der Waals surface area contributed by atoms with Gasteiger partial charge in [-0.05, 0) is 89.1 Å². The van der Waals surface area contributed by atoms with Gasteiger partial charge in [-0.2, -0.15) is 0 Å². The van der Waals surface area contributed by atoms with Crippen molar-refractivity contribution in [1.82, 2.24) is 14.5 Å². The van der Waals surface area contributed by atoms with Gasteiger partial charge in [0.05, 0.1) is 47.4 Å². The van der Waals surface area contributed by atoms with E-state index in [4.69, 9.17) is 9.97 Å². The van der Waals surface area contributed by atoms with Gasteiger partial charge >= 0.3 is 0 Å². The molecule has 0 radical (unpaired) electrons. The molecule has 0 atom stereocenters. The highest BCUT2D eigenvalue weighted by atomic mass is 32.1. The maximum Gasteiger partial charge on any atom is 0.101 e. The van der Waals surface area contributed by atoms with Gasteiger partial charge in [0.1, 0.15) is 5.00 Å². The van der Waals surface area contributed by atoms with Gasteiger partial charge in [0.15, 0.2) is 0 Å². The van der Waals surface area contributed by atoms with E-state index in [2.05, 4.69) is 106 Å². The Morgan fingerprint density at radius 1 is 0.451 bits per heavy atom. The molecule has 0 aliphatic carbocycles. The van der Waals surface area contributed by atoms with Crippen LogP contribution in [0.1, 0.15) is 0 Å². The lowest BCUT2D eigenvalue weighted by molar-refractivity contribution is 1.19. The van der Waals surface area contributed by atoms with E-state index in [1.165, 1.54) is 88.8 Å². The van der Waals surface area contributed by atoms with Gasteiger partial charge in [-0.3, -0.25) is 14.5 Å². The summed E-state index contributed by atoms with van der Waals surface area (Å²) < 4.78 is 13.6. The number of hydrogen-bond donors (Lipinski definition) is 0. The lowest BCUT2D eigenvalue weighted by atomic mass is 10.1. The second-order valence-corrected chi connectivity index (χ2v) is 20.5. The fraction of sp³-hybridized carbons (Fsp3) is 0. The maximum atomic E-state index is 5.03. The van der Waals surface area contributed by atoms with Gasteiger partial charge in [0.25, 0.3) is 0 Å². The lowest BCUT2D eigenvalue weighted by Crippen LogP contribution is -1.92. The van der Waals surface area contributed by atoms with Gasteiger partial charge in [-0.25, -0.2) is 0 Å². The quantitative estimate of drug-likeness (QED) is 0.174. The Morgan fingerprint density at radius 2 is 1.14 bits per heavy atom. The smallest absolute Gasteiger partial charge is 0.101 e. The fourth-order valence-electron chi connectivity index (χ4n) is 6.96. The zero-order valence-corrected chi connectivity index (χ0v) is 32.6. The fourth-order valence-corrected chi connectivity index (χ4v) is 16.7. The third-order valence-electron chi connectivity index (χ3n) is 9.28. The van der Waals surface area contributed by atoms with Crippen molar-refractivity contribution in [2.24, 2.45) is 0 Å². The van der Waals surface area contributed by atoms with Gasteiger partial charge in [0.2, 0.25) is 0 Å². The number of pyridine rings is 2. The van der Waals surface area contributed by atoms with Crippen LogP contribution in [0, 0.1) is 0 Å². The Hall–Kier alpha value is -4.04. The summed E-state index contributed by atoms with van der Waals surface area (Å²) in [4.78, 5) is 16.4. The summed E-state index contributed by atoms with van der Waals surface area (Å²) in [6.45, 7) is 0. The first-order chi connectivity index (χ1) is 25.2. The van der Waals surface area contributed by atoms with Crippen LogP contribution >= 0.6 is 90.7 Å². The van der Waals surface area contributed by atoms with E-state index >= 15 is 0 Å². The molecule has 0 aliphatic rings. The van der Waals surface area contributed by atoms with Crippen LogP contribution in [0.4, 0.5) is 0 Å². The van der Waals surface area contributed by atoms with Crippen molar-refractivity contribution >= 4 is 150 Å². The normalized spacial score (nSPS) is 12.3. The average molecular weight is 798 g/mol. The number of aromatic nitrogens is 3. The van der Waals surface area contributed by atoms with E-state index in [9.17, 15) is 0 Å². The Kier molecular flexibility index (Phi) is 6.50. The van der Waals surface area contributed by atoms with E-state index in [1.807, 2.05) is 103 Å². The molecule has 1 aromatic carbocycles. The van der Waals surface area contributed by atoms with Crippen LogP contribution in [0.25, 0.3) is 106 Å². The largest absolute Gasteiger partial charge is 0.299 e. The summed E-state index contributed by atoms with van der Waals surface area (Å²) in [6.07, 6.45) is 3.95. The predicted molar refractivity (Wildman–Crippen MR) is 231 cm³/mol. The second-order valence-electron chi connectivity index (χ2n) is 12.2. The molecule has 0 saturated carbocycles. The van der Waals surface area contributed by atoms with Crippen molar-refractivity contribution in [3.05, 3.63) is 114 Å². The van der Waals surface area contributed by atoms with Gasteiger partial charge < -0.3 is 0 Å². The molecule has 0 fully saturated rings. The second kappa shape index (κ2) is 11.2. The first-order valence-electron chi connectivity index (χ1n) is 16.1. The summed E-state index contributed by atoms with van der Waals surface area (Å²) in [5.41, 5.74) is 5.23. The molecular weight excluding hydrogens is 779 g/mol. The molecule has 0 saturated heterocycles. The Bertz CT molecular complexity index is 3290. The molecule has 12 rings (SSSR count). The van der Waals surface area contributed by atoms with Crippen LogP contribution < -0.4 is 0 Å². The van der Waals surface area contributed by atoms with Crippen LogP contribution in [-0.4, -0.2) is 14.5 Å². The summed E-state index contributed by atoms with van der Waals surface area (Å²) in [6, 6.07) is 33.5. The molecular formula is C40H19N3S8. The Morgan fingerprint density at radius 3 is 1.92 bits per heavy atom. The van der Waals surface area contributed by atoms with E-state index in [0.717, 1.165) is 16.9 Å². The molecule has 11 heterocycles.